The van der Waals surface area contributed by atoms with Crippen molar-refractivity contribution in [1.82, 2.24) is 5.01 Å². The second-order valence-corrected chi connectivity index (χ2v) is 4.24. The highest BCUT2D eigenvalue weighted by atomic mass is 79.9. The normalized spacial score (nSPS) is 15.9. The van der Waals surface area contributed by atoms with Gasteiger partial charge in [0, 0.05) is 13.1 Å². The van der Waals surface area contributed by atoms with Crippen molar-refractivity contribution in [1.29, 1.82) is 0 Å². The van der Waals surface area contributed by atoms with Crippen molar-refractivity contribution in [3.8, 4) is 0 Å². The molecule has 1 aliphatic rings. The minimum atomic E-state index is -0.391. The lowest BCUT2D eigenvalue weighted by atomic mass is 10.3. The minimum absolute atomic E-state index is 0.171. The molecule has 0 atom stereocenters. The van der Waals surface area contributed by atoms with Crippen LogP contribution in [0.4, 0.5) is 10.1 Å². The van der Waals surface area contributed by atoms with Crippen molar-refractivity contribution in [2.75, 3.05) is 18.8 Å². The number of anilines is 1. The molecular formula is C10H15BrFN3. The van der Waals surface area contributed by atoms with Crippen molar-refractivity contribution in [2.24, 2.45) is 5.84 Å². The Kier molecular flexibility index (Phi) is 5.01. The summed E-state index contributed by atoms with van der Waals surface area (Å²) in [5.74, 6) is 4.98. The second kappa shape index (κ2) is 6.05. The fourth-order valence-electron chi connectivity index (χ4n) is 1.26. The summed E-state index contributed by atoms with van der Waals surface area (Å²) >= 11 is 2.99. The molecule has 0 saturated carbocycles. The topological polar surface area (TPSA) is 55.3 Å². The number of nitrogen functional groups attached to an aromatic ring is 1. The van der Waals surface area contributed by atoms with E-state index in [1.165, 1.54) is 18.9 Å². The summed E-state index contributed by atoms with van der Waals surface area (Å²) < 4.78 is 13.0. The van der Waals surface area contributed by atoms with E-state index in [0.29, 0.717) is 4.47 Å². The Morgan fingerprint density at radius 1 is 1.27 bits per heavy atom. The molecule has 1 aromatic rings. The molecule has 0 radical (unpaired) electrons. The molecule has 0 aliphatic carbocycles. The Morgan fingerprint density at radius 2 is 1.87 bits per heavy atom. The van der Waals surface area contributed by atoms with Crippen LogP contribution < -0.4 is 11.6 Å². The molecule has 1 saturated heterocycles. The maximum atomic E-state index is 12.6. The molecule has 4 N–H and O–H groups in total. The monoisotopic (exact) mass is 275 g/mol. The Hall–Kier alpha value is -0.650. The number of hydrogen-bond acceptors (Lipinski definition) is 3. The molecule has 1 heterocycles. The summed E-state index contributed by atoms with van der Waals surface area (Å²) in [6.45, 7) is 2.19. The first kappa shape index (κ1) is 12.4. The third-order valence-corrected chi connectivity index (χ3v) is 2.73. The molecule has 0 unspecified atom stereocenters. The summed E-state index contributed by atoms with van der Waals surface area (Å²) in [5.41, 5.74) is 5.39. The predicted molar refractivity (Wildman–Crippen MR) is 63.5 cm³/mol. The van der Waals surface area contributed by atoms with Gasteiger partial charge >= 0.3 is 0 Å². The molecule has 15 heavy (non-hydrogen) atoms. The summed E-state index contributed by atoms with van der Waals surface area (Å²) in [6, 6.07) is 4.80. The molecule has 2 rings (SSSR count). The van der Waals surface area contributed by atoms with Gasteiger partial charge in [-0.3, -0.25) is 5.84 Å². The van der Waals surface area contributed by atoms with Gasteiger partial charge in [-0.25, -0.2) is 9.40 Å². The fraction of sp³-hybridized carbons (Fsp3) is 0.400. The van der Waals surface area contributed by atoms with E-state index in [1.54, 1.807) is 12.1 Å². The van der Waals surface area contributed by atoms with Crippen LogP contribution in [0, 0.1) is 5.82 Å². The van der Waals surface area contributed by atoms with E-state index in [-0.39, 0.29) is 5.69 Å². The van der Waals surface area contributed by atoms with Gasteiger partial charge in [-0.1, -0.05) is 6.07 Å². The maximum absolute atomic E-state index is 12.6. The van der Waals surface area contributed by atoms with Crippen LogP contribution in [0.3, 0.4) is 0 Å². The number of benzene rings is 1. The highest BCUT2D eigenvalue weighted by Crippen LogP contribution is 2.19. The van der Waals surface area contributed by atoms with E-state index in [0.717, 1.165) is 13.1 Å². The van der Waals surface area contributed by atoms with Gasteiger partial charge in [0.15, 0.2) is 5.82 Å². The third kappa shape index (κ3) is 4.15. The maximum Gasteiger partial charge on any atom is 0.160 e. The number of rotatable bonds is 0. The number of halogens is 2. The number of nitrogens with zero attached hydrogens (tertiary/aromatic N) is 1. The first-order valence-electron chi connectivity index (χ1n) is 4.80. The summed E-state index contributed by atoms with van der Waals surface area (Å²) in [5, 5.41) is 1.86. The molecule has 0 spiro atoms. The number of hydrogen-bond donors (Lipinski definition) is 2. The van der Waals surface area contributed by atoms with Gasteiger partial charge in [0.05, 0.1) is 10.2 Å². The smallest absolute Gasteiger partial charge is 0.160 e. The molecule has 0 bridgehead atoms. The summed E-state index contributed by atoms with van der Waals surface area (Å²) in [7, 11) is 0. The van der Waals surface area contributed by atoms with Gasteiger partial charge in [0.25, 0.3) is 0 Å². The van der Waals surface area contributed by atoms with Crippen molar-refractivity contribution in [2.45, 2.75) is 12.8 Å². The van der Waals surface area contributed by atoms with Crippen LogP contribution in [0.15, 0.2) is 22.7 Å². The molecule has 1 fully saturated rings. The Bertz CT molecular complexity index is 293. The lowest BCUT2D eigenvalue weighted by molar-refractivity contribution is 0.355. The Morgan fingerprint density at radius 3 is 2.20 bits per heavy atom. The van der Waals surface area contributed by atoms with Crippen LogP contribution in [0.2, 0.25) is 0 Å². The van der Waals surface area contributed by atoms with Gasteiger partial charge < -0.3 is 5.73 Å². The Balaban J connectivity index is 0.000000162. The van der Waals surface area contributed by atoms with Gasteiger partial charge in [0.2, 0.25) is 0 Å². The summed E-state index contributed by atoms with van der Waals surface area (Å²) in [4.78, 5) is 0. The van der Waals surface area contributed by atoms with Crippen LogP contribution >= 0.6 is 15.9 Å². The van der Waals surface area contributed by atoms with E-state index in [1.807, 2.05) is 5.01 Å². The van der Waals surface area contributed by atoms with E-state index < -0.39 is 5.82 Å². The van der Waals surface area contributed by atoms with E-state index in [2.05, 4.69) is 15.9 Å². The average Bonchev–Trinajstić information content (AvgIpc) is 2.66. The molecular weight excluding hydrogens is 261 g/mol. The van der Waals surface area contributed by atoms with Crippen LogP contribution in [0.1, 0.15) is 12.8 Å². The zero-order valence-corrected chi connectivity index (χ0v) is 10.0. The lowest BCUT2D eigenvalue weighted by Crippen LogP contribution is -2.26. The predicted octanol–water partition coefficient (Wildman–Crippen LogP) is 2.13. The molecule has 5 heteroatoms. The Labute approximate surface area is 97.3 Å². The van der Waals surface area contributed by atoms with Gasteiger partial charge in [-0.2, -0.15) is 0 Å². The molecule has 3 nitrogen and oxygen atoms in total. The van der Waals surface area contributed by atoms with Crippen molar-refractivity contribution >= 4 is 21.6 Å². The molecule has 1 aliphatic heterocycles. The number of nitrogens with two attached hydrogens (primary N) is 2. The highest BCUT2D eigenvalue weighted by molar-refractivity contribution is 9.10. The molecule has 0 aromatic heterocycles. The van der Waals surface area contributed by atoms with E-state index in [4.69, 9.17) is 11.6 Å². The van der Waals surface area contributed by atoms with Crippen LogP contribution in [0.25, 0.3) is 0 Å². The van der Waals surface area contributed by atoms with Gasteiger partial charge in [-0.15, -0.1) is 0 Å². The standard InChI is InChI=1S/C6H5BrFN.C4H10N2/c7-4-2-1-3-5(9)6(4)8;5-6-3-1-2-4-6/h1-3H,9H2;1-5H2. The lowest BCUT2D eigenvalue weighted by Gasteiger charge is -2.01. The SMILES string of the molecule is NN1CCCC1.Nc1cccc(Br)c1F. The number of hydrazine groups is 1. The second-order valence-electron chi connectivity index (χ2n) is 3.39. The molecule has 84 valence electrons. The van der Waals surface area contributed by atoms with E-state index >= 15 is 0 Å². The highest BCUT2D eigenvalue weighted by Gasteiger charge is 2.04. The largest absolute Gasteiger partial charge is 0.396 e. The zero-order chi connectivity index (χ0) is 11.3. The van der Waals surface area contributed by atoms with Crippen LogP contribution in [0.5, 0.6) is 0 Å². The first-order chi connectivity index (χ1) is 7.11. The molecule has 1 aromatic carbocycles. The van der Waals surface area contributed by atoms with Crippen molar-refractivity contribution in [3.63, 3.8) is 0 Å². The van der Waals surface area contributed by atoms with Crippen molar-refractivity contribution < 1.29 is 4.39 Å². The van der Waals surface area contributed by atoms with Gasteiger partial charge in [0.1, 0.15) is 0 Å². The quantitative estimate of drug-likeness (QED) is 0.563. The summed E-state index contributed by atoms with van der Waals surface area (Å²) in [6.07, 6.45) is 2.58. The van der Waals surface area contributed by atoms with Crippen LogP contribution in [-0.4, -0.2) is 18.1 Å². The average molecular weight is 276 g/mol. The van der Waals surface area contributed by atoms with Crippen molar-refractivity contribution in [3.05, 3.63) is 28.5 Å². The van der Waals surface area contributed by atoms with Crippen LogP contribution in [-0.2, 0) is 0 Å². The van der Waals surface area contributed by atoms with Gasteiger partial charge in [-0.05, 0) is 40.9 Å². The minimum Gasteiger partial charge on any atom is -0.396 e. The molecule has 0 amide bonds. The third-order valence-electron chi connectivity index (χ3n) is 2.12. The zero-order valence-electron chi connectivity index (χ0n) is 8.42. The fourth-order valence-corrected chi connectivity index (χ4v) is 1.64. The first-order valence-corrected chi connectivity index (χ1v) is 5.59. The van der Waals surface area contributed by atoms with E-state index in [9.17, 15) is 4.39 Å².